The van der Waals surface area contributed by atoms with Gasteiger partial charge in [-0.15, -0.1) is 0 Å². The zero-order valence-electron chi connectivity index (χ0n) is 25.0. The summed E-state index contributed by atoms with van der Waals surface area (Å²) in [7, 11) is 0. The first-order chi connectivity index (χ1) is 19.2. The lowest BCUT2D eigenvalue weighted by atomic mass is 10.2. The molecule has 238 valence electrons. The largest absolute Gasteiger partial charge is 0.481 e. The Morgan fingerprint density at radius 2 is 0.756 bits per heavy atom. The van der Waals surface area contributed by atoms with Crippen LogP contribution in [-0.2, 0) is 48.1 Å². The number of aliphatic carboxylic acids is 3. The highest BCUT2D eigenvalue weighted by Crippen LogP contribution is 1.98. The highest BCUT2D eigenvalue weighted by Gasteiger charge is 2.10. The summed E-state index contributed by atoms with van der Waals surface area (Å²) in [6.07, 6.45) is 5.17. The van der Waals surface area contributed by atoms with E-state index in [0.29, 0.717) is 32.3 Å². The van der Waals surface area contributed by atoms with Crippen molar-refractivity contribution >= 4 is 47.0 Å². The van der Waals surface area contributed by atoms with Gasteiger partial charge in [-0.2, -0.15) is 4.89 Å². The molecule has 0 aliphatic carbocycles. The predicted octanol–water partition coefficient (Wildman–Crippen LogP) is 4.51. The van der Waals surface area contributed by atoms with E-state index in [1.54, 1.807) is 0 Å². The van der Waals surface area contributed by atoms with E-state index < -0.39 is 23.9 Å². The van der Waals surface area contributed by atoms with E-state index in [1.165, 1.54) is 0 Å². The molecule has 0 atom stereocenters. The molecule has 0 saturated heterocycles. The van der Waals surface area contributed by atoms with Crippen LogP contribution >= 0.6 is 0 Å². The SMILES string of the molecule is CCCC(=O)CC(=O)O.CCCC(=O)CC(=O)O.CCCC(=O)CC(=O)O.CCCCOOC(=O)CC(=O)CCC. The Kier molecular flexibility index (Phi) is 35.6. The second kappa shape index (κ2) is 32.7. The first kappa shape index (κ1) is 44.5. The Hall–Kier alpha value is -3.48. The van der Waals surface area contributed by atoms with Gasteiger partial charge in [-0.25, -0.2) is 4.79 Å². The summed E-state index contributed by atoms with van der Waals surface area (Å²) in [4.78, 5) is 91.9. The molecule has 0 fully saturated rings. The van der Waals surface area contributed by atoms with Crippen LogP contribution in [0.4, 0.5) is 0 Å². The van der Waals surface area contributed by atoms with Gasteiger partial charge in [0, 0.05) is 25.7 Å². The molecule has 0 rings (SSSR count). The molecule has 0 spiro atoms. The number of carboxylic acids is 3. The molecule has 0 amide bonds. The standard InChI is InChI=1S/C10H18O4.3C6H10O3/c1-3-5-7-13-14-10(12)8-9(11)6-4-2;3*1-2-3-5(7)4-6(8)9/h3-8H2,1-2H3;3*2-4H2,1H3,(H,8,9). The number of rotatable bonds is 20. The molecule has 13 nitrogen and oxygen atoms in total. The lowest BCUT2D eigenvalue weighted by Crippen LogP contribution is -2.11. The summed E-state index contributed by atoms with van der Waals surface area (Å²) in [5, 5.41) is 24.3. The molecule has 3 N–H and O–H groups in total. The Morgan fingerprint density at radius 3 is 1.00 bits per heavy atom. The second-order valence-corrected chi connectivity index (χ2v) is 8.67. The zero-order valence-corrected chi connectivity index (χ0v) is 25.0. The summed E-state index contributed by atoms with van der Waals surface area (Å²) in [6.45, 7) is 9.83. The molecule has 0 saturated carbocycles. The van der Waals surface area contributed by atoms with Crippen LogP contribution in [0.2, 0.25) is 0 Å². The molecule has 0 aliphatic rings. The van der Waals surface area contributed by atoms with Gasteiger partial charge in [-0.1, -0.05) is 41.0 Å². The van der Waals surface area contributed by atoms with Crippen molar-refractivity contribution < 1.29 is 63.5 Å². The quantitative estimate of drug-likeness (QED) is 0.0768. The minimum atomic E-state index is -1.03. The number of hydrogen-bond acceptors (Lipinski definition) is 10. The van der Waals surface area contributed by atoms with Crippen LogP contribution in [0.5, 0.6) is 0 Å². The van der Waals surface area contributed by atoms with E-state index in [1.807, 2.05) is 34.6 Å². The van der Waals surface area contributed by atoms with Gasteiger partial charge in [0.15, 0.2) is 0 Å². The zero-order chi connectivity index (χ0) is 32.6. The van der Waals surface area contributed by atoms with Crippen LogP contribution < -0.4 is 0 Å². The van der Waals surface area contributed by atoms with Gasteiger partial charge < -0.3 is 15.3 Å². The molecule has 0 unspecified atom stereocenters. The topological polar surface area (TPSA) is 216 Å². The number of unbranched alkanes of at least 4 members (excludes halogenated alkanes) is 1. The van der Waals surface area contributed by atoms with E-state index in [9.17, 15) is 38.4 Å². The average molecular weight is 593 g/mol. The Morgan fingerprint density at radius 1 is 0.463 bits per heavy atom. The van der Waals surface area contributed by atoms with Crippen LogP contribution in [0, 0.1) is 0 Å². The van der Waals surface area contributed by atoms with E-state index in [2.05, 4.69) is 9.78 Å². The predicted molar refractivity (Wildman–Crippen MR) is 148 cm³/mol. The van der Waals surface area contributed by atoms with Crippen molar-refractivity contribution in [3.63, 3.8) is 0 Å². The molecular weight excluding hydrogens is 544 g/mol. The van der Waals surface area contributed by atoms with Crippen LogP contribution in [0.3, 0.4) is 0 Å². The number of Topliss-reactive ketones (excluding diaryl/α,β-unsaturated/α-hetero) is 4. The third-order valence-electron chi connectivity index (χ3n) is 4.24. The lowest BCUT2D eigenvalue weighted by molar-refractivity contribution is -0.272. The van der Waals surface area contributed by atoms with Gasteiger partial charge in [-0.05, 0) is 32.1 Å². The molecule has 0 heterocycles. The maximum absolute atomic E-state index is 11.0. The first-order valence-corrected chi connectivity index (χ1v) is 13.7. The maximum Gasteiger partial charge on any atom is 0.349 e. The molecule has 0 aliphatic heterocycles. The fourth-order valence-electron chi connectivity index (χ4n) is 2.48. The van der Waals surface area contributed by atoms with Crippen molar-refractivity contribution in [3.8, 4) is 0 Å². The van der Waals surface area contributed by atoms with Gasteiger partial charge >= 0.3 is 23.9 Å². The molecule has 0 aromatic carbocycles. The Bertz CT molecular complexity index is 717. The molecule has 0 aromatic rings. The van der Waals surface area contributed by atoms with Gasteiger partial charge in [0.25, 0.3) is 0 Å². The van der Waals surface area contributed by atoms with E-state index in [-0.39, 0.29) is 48.8 Å². The third-order valence-corrected chi connectivity index (χ3v) is 4.24. The third kappa shape index (κ3) is 46.7. The number of carbonyl (C=O) groups is 8. The molecule has 0 bridgehead atoms. The molecule has 13 heteroatoms. The summed E-state index contributed by atoms with van der Waals surface area (Å²) in [5.74, 6) is -4.37. The van der Waals surface area contributed by atoms with Crippen molar-refractivity contribution in [2.24, 2.45) is 0 Å². The number of carboxylic acid groups (broad SMARTS) is 3. The fourth-order valence-corrected chi connectivity index (χ4v) is 2.48. The van der Waals surface area contributed by atoms with E-state index >= 15 is 0 Å². The van der Waals surface area contributed by atoms with E-state index in [0.717, 1.165) is 38.5 Å². The lowest BCUT2D eigenvalue weighted by Gasteiger charge is -2.01. The number of carbonyl (C=O) groups excluding carboxylic acids is 5. The van der Waals surface area contributed by atoms with Crippen LogP contribution in [0.25, 0.3) is 0 Å². The smallest absolute Gasteiger partial charge is 0.349 e. The normalized spacial score (nSPS) is 9.29. The van der Waals surface area contributed by atoms with Crippen molar-refractivity contribution in [1.29, 1.82) is 0 Å². The summed E-state index contributed by atoms with van der Waals surface area (Å²) in [5.41, 5.74) is 0. The minimum absolute atomic E-state index is 0.100. The van der Waals surface area contributed by atoms with Gasteiger partial charge in [0.05, 0.1) is 6.61 Å². The van der Waals surface area contributed by atoms with Crippen molar-refractivity contribution in [3.05, 3.63) is 0 Å². The number of hydrogen-bond donors (Lipinski definition) is 3. The summed E-state index contributed by atoms with van der Waals surface area (Å²) in [6, 6.07) is 0. The summed E-state index contributed by atoms with van der Waals surface area (Å²) < 4.78 is 0. The molecule has 41 heavy (non-hydrogen) atoms. The summed E-state index contributed by atoms with van der Waals surface area (Å²) >= 11 is 0. The van der Waals surface area contributed by atoms with Crippen LogP contribution in [0.1, 0.15) is 125 Å². The monoisotopic (exact) mass is 592 g/mol. The van der Waals surface area contributed by atoms with E-state index in [4.69, 9.17) is 15.3 Å². The highest BCUT2D eigenvalue weighted by molar-refractivity contribution is 5.96. The van der Waals surface area contributed by atoms with Gasteiger partial charge in [0.2, 0.25) is 0 Å². The minimum Gasteiger partial charge on any atom is -0.481 e. The molecule has 0 radical (unpaired) electrons. The first-order valence-electron chi connectivity index (χ1n) is 13.7. The van der Waals surface area contributed by atoms with Crippen LogP contribution in [0.15, 0.2) is 0 Å². The average Bonchev–Trinajstić information content (AvgIpc) is 2.82. The van der Waals surface area contributed by atoms with Gasteiger partial charge in [-0.3, -0.25) is 38.4 Å². The Labute approximate surface area is 241 Å². The number of ketones is 4. The fraction of sp³-hybridized carbons (Fsp3) is 0.714. The highest BCUT2D eigenvalue weighted by atomic mass is 17.2. The van der Waals surface area contributed by atoms with Crippen molar-refractivity contribution in [2.75, 3.05) is 6.61 Å². The van der Waals surface area contributed by atoms with Crippen molar-refractivity contribution in [2.45, 2.75) is 125 Å². The molecule has 0 aromatic heterocycles. The van der Waals surface area contributed by atoms with Crippen LogP contribution in [-0.4, -0.2) is 68.9 Å². The second-order valence-electron chi connectivity index (χ2n) is 8.67. The Balaban J connectivity index is -0.000000228. The molecular formula is C28H48O13. The van der Waals surface area contributed by atoms with Crippen molar-refractivity contribution in [1.82, 2.24) is 0 Å². The maximum atomic E-state index is 11.0. The van der Waals surface area contributed by atoms with Gasteiger partial charge in [0.1, 0.15) is 48.8 Å².